The van der Waals surface area contributed by atoms with Gasteiger partial charge in [-0.2, -0.15) is 0 Å². The second kappa shape index (κ2) is 5.86. The van der Waals surface area contributed by atoms with Crippen molar-refractivity contribution in [2.45, 2.75) is 18.2 Å². The van der Waals surface area contributed by atoms with Crippen molar-refractivity contribution >= 4 is 10.1 Å². The van der Waals surface area contributed by atoms with Crippen molar-refractivity contribution in [3.8, 4) is 5.75 Å². The third-order valence-corrected chi connectivity index (χ3v) is 2.78. The normalized spacial score (nSPS) is 10.6. The first-order valence-electron chi connectivity index (χ1n) is 4.12. The molecule has 0 saturated carbocycles. The Labute approximate surface area is 112 Å². The van der Waals surface area contributed by atoms with Crippen LogP contribution in [0.15, 0.2) is 23.1 Å². The van der Waals surface area contributed by atoms with Gasteiger partial charge in [-0.05, 0) is 24.1 Å². The van der Waals surface area contributed by atoms with Crippen LogP contribution in [0, 0.1) is 0 Å². The number of hydrogen-bond acceptors (Lipinski definition) is 4. The third-order valence-electron chi connectivity index (χ3n) is 1.91. The summed E-state index contributed by atoms with van der Waals surface area (Å²) in [5.41, 5.74) is 0.925. The smallest absolute Gasteiger partial charge is 0.744 e. The molecular formula is C9H11NaO4S. The molecule has 6 heteroatoms. The van der Waals surface area contributed by atoms with Crippen LogP contribution in [-0.2, 0) is 16.5 Å². The molecule has 15 heavy (non-hydrogen) atoms. The van der Waals surface area contributed by atoms with Crippen LogP contribution in [-0.4, -0.2) is 20.1 Å². The summed E-state index contributed by atoms with van der Waals surface area (Å²) in [6, 6.07) is 4.44. The Morgan fingerprint density at radius 2 is 2.00 bits per heavy atom. The summed E-state index contributed by atoms with van der Waals surface area (Å²) in [7, 11) is -3.11. The molecule has 0 fully saturated rings. The minimum atomic E-state index is -4.45. The van der Waals surface area contributed by atoms with Crippen LogP contribution in [0.2, 0.25) is 0 Å². The first-order chi connectivity index (χ1) is 6.49. The van der Waals surface area contributed by atoms with E-state index in [-0.39, 0.29) is 40.2 Å². The number of aryl methyl sites for hydroxylation is 1. The van der Waals surface area contributed by atoms with Crippen molar-refractivity contribution in [1.29, 1.82) is 0 Å². The summed E-state index contributed by atoms with van der Waals surface area (Å²) in [5.74, 6) is 0.111. The maximum Gasteiger partial charge on any atom is 1.00 e. The van der Waals surface area contributed by atoms with E-state index in [9.17, 15) is 13.0 Å². The van der Waals surface area contributed by atoms with E-state index in [0.29, 0.717) is 0 Å². The zero-order valence-electron chi connectivity index (χ0n) is 8.98. The van der Waals surface area contributed by atoms with Crippen molar-refractivity contribution in [3.05, 3.63) is 23.8 Å². The van der Waals surface area contributed by atoms with Crippen molar-refractivity contribution in [1.82, 2.24) is 0 Å². The standard InChI is InChI=1S/C9H12O4S.Na/c1-3-7-4-5-9(14(10,11)12)8(6-7)13-2;/h4-6H,3H2,1-2H3,(H,10,11,12);/q;+1/p-1. The van der Waals surface area contributed by atoms with Crippen molar-refractivity contribution in [3.63, 3.8) is 0 Å². The number of benzene rings is 1. The van der Waals surface area contributed by atoms with Gasteiger partial charge in [0.1, 0.15) is 15.9 Å². The van der Waals surface area contributed by atoms with Crippen molar-refractivity contribution in [2.24, 2.45) is 0 Å². The minimum absolute atomic E-state index is 0. The van der Waals surface area contributed by atoms with Crippen LogP contribution in [0.3, 0.4) is 0 Å². The minimum Gasteiger partial charge on any atom is -0.744 e. The van der Waals surface area contributed by atoms with E-state index in [0.717, 1.165) is 12.0 Å². The van der Waals surface area contributed by atoms with Crippen LogP contribution in [0.1, 0.15) is 12.5 Å². The van der Waals surface area contributed by atoms with Gasteiger partial charge in [-0.3, -0.25) is 0 Å². The third kappa shape index (κ3) is 3.77. The molecule has 0 atom stereocenters. The first-order valence-corrected chi connectivity index (χ1v) is 5.52. The van der Waals surface area contributed by atoms with Gasteiger partial charge in [0.15, 0.2) is 0 Å². The molecule has 0 spiro atoms. The van der Waals surface area contributed by atoms with Crippen LogP contribution >= 0.6 is 0 Å². The molecule has 0 saturated heterocycles. The Bertz CT molecular complexity index is 428. The Balaban J connectivity index is 0.00000196. The molecule has 0 amide bonds. The summed E-state index contributed by atoms with van der Waals surface area (Å²) in [5, 5.41) is 0. The van der Waals surface area contributed by atoms with E-state index in [4.69, 9.17) is 4.74 Å². The fourth-order valence-corrected chi connectivity index (χ4v) is 1.76. The van der Waals surface area contributed by atoms with Crippen LogP contribution in [0.4, 0.5) is 0 Å². The molecule has 1 aromatic carbocycles. The van der Waals surface area contributed by atoms with Gasteiger partial charge in [0, 0.05) is 0 Å². The first kappa shape index (κ1) is 14.9. The SMILES string of the molecule is CCc1ccc(S(=O)(=O)[O-])c(OC)c1.[Na+]. The molecule has 0 N–H and O–H groups in total. The number of ether oxygens (including phenoxy) is 1. The largest absolute Gasteiger partial charge is 1.00 e. The summed E-state index contributed by atoms with van der Waals surface area (Å²) in [6.45, 7) is 1.93. The quantitative estimate of drug-likeness (QED) is 0.459. The molecule has 1 aromatic rings. The fourth-order valence-electron chi connectivity index (χ4n) is 1.14. The Morgan fingerprint density at radius 3 is 2.40 bits per heavy atom. The average Bonchev–Trinajstić information content (AvgIpc) is 2.15. The summed E-state index contributed by atoms with van der Waals surface area (Å²) >= 11 is 0. The van der Waals surface area contributed by atoms with E-state index in [1.807, 2.05) is 6.92 Å². The van der Waals surface area contributed by atoms with Gasteiger partial charge in [0.05, 0.1) is 12.0 Å². The molecule has 1 rings (SSSR count). The zero-order valence-corrected chi connectivity index (χ0v) is 11.8. The summed E-state index contributed by atoms with van der Waals surface area (Å²) < 4.78 is 37.2. The maximum atomic E-state index is 10.8. The molecule has 0 aliphatic rings. The molecule has 0 aromatic heterocycles. The molecular weight excluding hydrogens is 227 g/mol. The molecule has 0 unspecified atom stereocenters. The Hall–Kier alpha value is -0.0700. The predicted octanol–water partition coefficient (Wildman–Crippen LogP) is -1.83. The van der Waals surface area contributed by atoms with Crippen LogP contribution in [0.25, 0.3) is 0 Å². The molecule has 78 valence electrons. The van der Waals surface area contributed by atoms with E-state index < -0.39 is 10.1 Å². The van der Waals surface area contributed by atoms with Crippen LogP contribution in [0.5, 0.6) is 5.75 Å². The number of methoxy groups -OCH3 is 1. The monoisotopic (exact) mass is 238 g/mol. The predicted molar refractivity (Wildman–Crippen MR) is 50.3 cm³/mol. The van der Waals surface area contributed by atoms with E-state index in [1.165, 1.54) is 13.2 Å². The maximum absolute atomic E-state index is 10.8. The Kier molecular flexibility index (Phi) is 5.84. The van der Waals surface area contributed by atoms with Crippen molar-refractivity contribution in [2.75, 3.05) is 7.11 Å². The second-order valence-electron chi connectivity index (χ2n) is 2.79. The van der Waals surface area contributed by atoms with E-state index >= 15 is 0 Å². The molecule has 0 heterocycles. The zero-order chi connectivity index (χ0) is 10.8. The van der Waals surface area contributed by atoms with E-state index in [2.05, 4.69) is 0 Å². The molecule has 0 bridgehead atoms. The van der Waals surface area contributed by atoms with Crippen molar-refractivity contribution < 1.29 is 47.3 Å². The molecule has 4 nitrogen and oxygen atoms in total. The summed E-state index contributed by atoms with van der Waals surface area (Å²) in [6.07, 6.45) is 0.759. The van der Waals surface area contributed by atoms with E-state index in [1.54, 1.807) is 12.1 Å². The molecule has 0 radical (unpaired) electrons. The van der Waals surface area contributed by atoms with Gasteiger partial charge in [-0.1, -0.05) is 13.0 Å². The van der Waals surface area contributed by atoms with Gasteiger partial charge < -0.3 is 9.29 Å². The number of hydrogen-bond donors (Lipinski definition) is 0. The van der Waals surface area contributed by atoms with Gasteiger partial charge in [0.2, 0.25) is 0 Å². The van der Waals surface area contributed by atoms with Gasteiger partial charge in [-0.25, -0.2) is 8.42 Å². The van der Waals surface area contributed by atoms with Gasteiger partial charge in [-0.15, -0.1) is 0 Å². The topological polar surface area (TPSA) is 66.4 Å². The Morgan fingerprint density at radius 1 is 1.40 bits per heavy atom. The molecule has 0 aliphatic heterocycles. The fraction of sp³-hybridized carbons (Fsp3) is 0.333. The average molecular weight is 238 g/mol. The van der Waals surface area contributed by atoms with Crippen LogP contribution < -0.4 is 34.3 Å². The summed E-state index contributed by atoms with van der Waals surface area (Å²) in [4.78, 5) is -0.308. The van der Waals surface area contributed by atoms with Gasteiger partial charge >= 0.3 is 29.6 Å². The van der Waals surface area contributed by atoms with Gasteiger partial charge in [0.25, 0.3) is 0 Å². The molecule has 0 aliphatic carbocycles. The number of rotatable bonds is 3. The second-order valence-corrected chi connectivity index (χ2v) is 4.14.